The molecule has 1 N–H and O–H groups in total. The number of carboxylic acids is 1. The molecule has 1 fully saturated rings. The van der Waals surface area contributed by atoms with Crippen molar-refractivity contribution in [3.05, 3.63) is 71.4 Å². The zero-order chi connectivity index (χ0) is 21.0. The van der Waals surface area contributed by atoms with Crippen LogP contribution in [0.5, 0.6) is 0 Å². The summed E-state index contributed by atoms with van der Waals surface area (Å²) in [6.45, 7) is 2.45. The van der Waals surface area contributed by atoms with Gasteiger partial charge >= 0.3 is 5.97 Å². The highest BCUT2D eigenvalue weighted by Gasteiger charge is 2.42. The average molecular weight is 406 g/mol. The van der Waals surface area contributed by atoms with E-state index in [9.17, 15) is 9.90 Å². The van der Waals surface area contributed by atoms with Gasteiger partial charge in [0, 0.05) is 30.5 Å². The first kappa shape index (κ1) is 20.3. The number of ether oxygens (including phenoxy) is 1. The highest BCUT2D eigenvalue weighted by Crippen LogP contribution is 2.30. The second-order valence-corrected chi connectivity index (χ2v) is 7.83. The molecule has 6 heteroatoms. The SMILES string of the molecule is Cc1oc(-c2ccccc2)nc1CCCc1ccc(CC2(C(=O)O)CCCO2)cn1. The standard InChI is InChI=1S/C24H26N2O4/c1-17-21(26-22(30-17)19-7-3-2-4-8-19)10-5-9-20-12-11-18(16-25-20)15-24(23(27)28)13-6-14-29-24/h2-4,7-8,11-12,16H,5-6,9-10,13-15H2,1H3,(H,27,28). The molecule has 0 spiro atoms. The third-order valence-corrected chi connectivity index (χ3v) is 5.63. The van der Waals surface area contributed by atoms with Gasteiger partial charge in [-0.1, -0.05) is 24.3 Å². The summed E-state index contributed by atoms with van der Waals surface area (Å²) in [5, 5.41) is 9.54. The van der Waals surface area contributed by atoms with Crippen molar-refractivity contribution in [3.8, 4) is 11.5 Å². The van der Waals surface area contributed by atoms with Gasteiger partial charge in [-0.2, -0.15) is 0 Å². The summed E-state index contributed by atoms with van der Waals surface area (Å²) in [4.78, 5) is 20.8. The van der Waals surface area contributed by atoms with E-state index in [1.54, 1.807) is 6.20 Å². The Morgan fingerprint density at radius 2 is 2.00 bits per heavy atom. The molecule has 0 amide bonds. The summed E-state index contributed by atoms with van der Waals surface area (Å²) < 4.78 is 11.4. The smallest absolute Gasteiger partial charge is 0.336 e. The maximum absolute atomic E-state index is 11.6. The lowest BCUT2D eigenvalue weighted by molar-refractivity contribution is -0.159. The molecule has 3 aromatic rings. The molecule has 3 heterocycles. The molecule has 6 nitrogen and oxygen atoms in total. The molecule has 1 saturated heterocycles. The van der Waals surface area contributed by atoms with Gasteiger partial charge in [-0.15, -0.1) is 0 Å². The highest BCUT2D eigenvalue weighted by atomic mass is 16.5. The number of aliphatic carboxylic acids is 1. The molecule has 0 bridgehead atoms. The van der Waals surface area contributed by atoms with Crippen LogP contribution in [0.25, 0.3) is 11.5 Å². The fraction of sp³-hybridized carbons (Fsp3) is 0.375. The van der Waals surface area contributed by atoms with Gasteiger partial charge in [-0.25, -0.2) is 9.78 Å². The Morgan fingerprint density at radius 3 is 2.67 bits per heavy atom. The maximum Gasteiger partial charge on any atom is 0.336 e. The van der Waals surface area contributed by atoms with Crippen LogP contribution in [0, 0.1) is 6.92 Å². The number of aromatic nitrogens is 2. The first-order chi connectivity index (χ1) is 14.6. The molecule has 1 atom stereocenters. The van der Waals surface area contributed by atoms with Crippen molar-refractivity contribution >= 4 is 5.97 Å². The first-order valence-corrected chi connectivity index (χ1v) is 10.4. The van der Waals surface area contributed by atoms with Crippen LogP contribution >= 0.6 is 0 Å². The molecule has 4 rings (SSSR count). The van der Waals surface area contributed by atoms with E-state index < -0.39 is 11.6 Å². The maximum atomic E-state index is 11.6. The van der Waals surface area contributed by atoms with Gasteiger partial charge in [-0.05, 0) is 62.8 Å². The third kappa shape index (κ3) is 4.44. The summed E-state index contributed by atoms with van der Waals surface area (Å²) in [7, 11) is 0. The molecular weight excluding hydrogens is 380 g/mol. The fourth-order valence-electron chi connectivity index (χ4n) is 3.92. The van der Waals surface area contributed by atoms with Crippen LogP contribution in [0.15, 0.2) is 53.1 Å². The van der Waals surface area contributed by atoms with Gasteiger partial charge in [0.15, 0.2) is 5.60 Å². The Morgan fingerprint density at radius 1 is 1.17 bits per heavy atom. The van der Waals surface area contributed by atoms with Crippen molar-refractivity contribution in [2.75, 3.05) is 6.61 Å². The molecule has 1 unspecified atom stereocenters. The van der Waals surface area contributed by atoms with Gasteiger partial charge < -0.3 is 14.3 Å². The summed E-state index contributed by atoms with van der Waals surface area (Å²) in [6.07, 6.45) is 6.02. The van der Waals surface area contributed by atoms with E-state index in [0.717, 1.165) is 54.0 Å². The van der Waals surface area contributed by atoms with Crippen LogP contribution in [0.4, 0.5) is 0 Å². The minimum atomic E-state index is -1.09. The molecule has 156 valence electrons. The van der Waals surface area contributed by atoms with E-state index in [-0.39, 0.29) is 0 Å². The monoisotopic (exact) mass is 406 g/mol. The number of benzene rings is 1. The summed E-state index contributed by atoms with van der Waals surface area (Å²) in [5.74, 6) is 0.627. The molecule has 1 aliphatic heterocycles. The quantitative estimate of drug-likeness (QED) is 0.597. The third-order valence-electron chi connectivity index (χ3n) is 5.63. The Kier molecular flexibility index (Phi) is 5.95. The zero-order valence-corrected chi connectivity index (χ0v) is 17.1. The minimum Gasteiger partial charge on any atom is -0.479 e. The van der Waals surface area contributed by atoms with Crippen LogP contribution in [-0.4, -0.2) is 33.3 Å². The number of nitrogens with zero attached hydrogens (tertiary/aromatic N) is 2. The average Bonchev–Trinajstić information content (AvgIpc) is 3.38. The summed E-state index contributed by atoms with van der Waals surface area (Å²) in [5.41, 5.74) is 2.74. The van der Waals surface area contributed by atoms with Crippen molar-refractivity contribution in [2.24, 2.45) is 0 Å². The van der Waals surface area contributed by atoms with Gasteiger partial charge in [0.1, 0.15) is 5.76 Å². The van der Waals surface area contributed by atoms with Gasteiger partial charge in [0.2, 0.25) is 5.89 Å². The topological polar surface area (TPSA) is 85.5 Å². The van der Waals surface area contributed by atoms with Crippen LogP contribution < -0.4 is 0 Å². The van der Waals surface area contributed by atoms with E-state index in [2.05, 4.69) is 9.97 Å². The predicted octanol–water partition coefficient (Wildman–Crippen LogP) is 4.40. The molecule has 0 saturated carbocycles. The number of rotatable bonds is 8. The molecule has 30 heavy (non-hydrogen) atoms. The van der Waals surface area contributed by atoms with E-state index in [0.29, 0.717) is 25.3 Å². The Bertz CT molecular complexity index is 990. The molecule has 2 aromatic heterocycles. The molecule has 1 aliphatic rings. The number of oxazole rings is 1. The lowest BCUT2D eigenvalue weighted by Crippen LogP contribution is -2.40. The Balaban J connectivity index is 1.33. The van der Waals surface area contributed by atoms with Crippen molar-refractivity contribution in [1.29, 1.82) is 0 Å². The van der Waals surface area contributed by atoms with Gasteiger partial charge in [0.25, 0.3) is 0 Å². The van der Waals surface area contributed by atoms with E-state index in [4.69, 9.17) is 9.15 Å². The number of aryl methyl sites for hydroxylation is 3. The van der Waals surface area contributed by atoms with Crippen LogP contribution in [0.3, 0.4) is 0 Å². The molecular formula is C24H26N2O4. The minimum absolute atomic E-state index is 0.357. The number of carbonyl (C=O) groups is 1. The van der Waals surface area contributed by atoms with Crippen molar-refractivity contribution in [1.82, 2.24) is 9.97 Å². The van der Waals surface area contributed by atoms with Crippen LogP contribution in [-0.2, 0) is 28.8 Å². The largest absolute Gasteiger partial charge is 0.479 e. The van der Waals surface area contributed by atoms with Gasteiger partial charge in [0.05, 0.1) is 5.69 Å². The second kappa shape index (κ2) is 8.79. The first-order valence-electron chi connectivity index (χ1n) is 10.4. The van der Waals surface area contributed by atoms with Crippen molar-refractivity contribution in [2.45, 2.75) is 51.0 Å². The van der Waals surface area contributed by atoms with Crippen molar-refractivity contribution < 1.29 is 19.1 Å². The van der Waals surface area contributed by atoms with Crippen molar-refractivity contribution in [3.63, 3.8) is 0 Å². The second-order valence-electron chi connectivity index (χ2n) is 7.83. The fourth-order valence-corrected chi connectivity index (χ4v) is 3.92. The molecule has 1 aromatic carbocycles. The summed E-state index contributed by atoms with van der Waals surface area (Å²) in [6, 6.07) is 13.8. The molecule has 0 aliphatic carbocycles. The molecule has 0 radical (unpaired) electrons. The highest BCUT2D eigenvalue weighted by molar-refractivity contribution is 5.78. The lowest BCUT2D eigenvalue weighted by atomic mass is 9.92. The van der Waals surface area contributed by atoms with E-state index in [1.807, 2.05) is 49.4 Å². The van der Waals surface area contributed by atoms with Crippen LogP contribution in [0.1, 0.15) is 42.0 Å². The van der Waals surface area contributed by atoms with Crippen LogP contribution in [0.2, 0.25) is 0 Å². The number of carboxylic acid groups (broad SMARTS) is 1. The number of hydrogen-bond donors (Lipinski definition) is 1. The zero-order valence-electron chi connectivity index (χ0n) is 17.1. The number of pyridine rings is 1. The van der Waals surface area contributed by atoms with Gasteiger partial charge in [-0.3, -0.25) is 4.98 Å². The Labute approximate surface area is 175 Å². The van der Waals surface area contributed by atoms with E-state index in [1.165, 1.54) is 0 Å². The predicted molar refractivity (Wildman–Crippen MR) is 112 cm³/mol. The lowest BCUT2D eigenvalue weighted by Gasteiger charge is -2.23. The normalized spacial score (nSPS) is 18.6. The summed E-state index contributed by atoms with van der Waals surface area (Å²) >= 11 is 0. The van der Waals surface area contributed by atoms with E-state index >= 15 is 0 Å². The Hall–Kier alpha value is -2.99. The number of hydrogen-bond acceptors (Lipinski definition) is 5.